The van der Waals surface area contributed by atoms with Crippen molar-refractivity contribution < 1.29 is 8.42 Å². The van der Waals surface area contributed by atoms with Crippen molar-refractivity contribution in [3.05, 3.63) is 18.2 Å². The van der Waals surface area contributed by atoms with Gasteiger partial charge in [-0.3, -0.25) is 0 Å². The summed E-state index contributed by atoms with van der Waals surface area (Å²) in [7, 11) is -0.409. The number of imidazole rings is 1. The summed E-state index contributed by atoms with van der Waals surface area (Å²) >= 11 is 0. The summed E-state index contributed by atoms with van der Waals surface area (Å²) in [6.07, 6.45) is 3.69. The first-order valence-electron chi connectivity index (χ1n) is 4.80. The molecule has 0 aliphatic carbocycles. The van der Waals surface area contributed by atoms with Gasteiger partial charge in [0.2, 0.25) is 0 Å². The quantitative estimate of drug-likeness (QED) is 0.768. The molecule has 86 valence electrons. The minimum Gasteiger partial charge on any atom is -0.241 e. The average molecular weight is 231 g/mol. The zero-order valence-corrected chi connectivity index (χ0v) is 10.3. The molecule has 1 aromatic rings. The van der Waals surface area contributed by atoms with Crippen molar-refractivity contribution in [2.24, 2.45) is 5.92 Å². The number of hydrogen-bond donors (Lipinski definition) is 0. The largest absolute Gasteiger partial charge is 0.308 e. The van der Waals surface area contributed by atoms with Gasteiger partial charge in [-0.2, -0.15) is 12.7 Å². The summed E-state index contributed by atoms with van der Waals surface area (Å²) in [5.74, 6) is 0.468. The van der Waals surface area contributed by atoms with E-state index < -0.39 is 10.2 Å². The lowest BCUT2D eigenvalue weighted by molar-refractivity contribution is 0.510. The molecule has 5 nitrogen and oxygen atoms in total. The molecular weight excluding hydrogens is 214 g/mol. The highest BCUT2D eigenvalue weighted by Gasteiger charge is 2.16. The minimum absolute atomic E-state index is 0.468. The molecular formula is C9H17N3O2S. The van der Waals surface area contributed by atoms with Gasteiger partial charge in [0.1, 0.15) is 6.33 Å². The molecule has 0 aromatic carbocycles. The number of rotatable bonds is 4. The van der Waals surface area contributed by atoms with Crippen molar-refractivity contribution in [2.75, 3.05) is 14.1 Å². The third kappa shape index (κ3) is 2.79. The molecule has 15 heavy (non-hydrogen) atoms. The van der Waals surface area contributed by atoms with Gasteiger partial charge in [0.25, 0.3) is 0 Å². The Kier molecular flexibility index (Phi) is 3.51. The van der Waals surface area contributed by atoms with E-state index in [-0.39, 0.29) is 0 Å². The highest BCUT2D eigenvalue weighted by atomic mass is 32.2. The van der Waals surface area contributed by atoms with Gasteiger partial charge in [-0.1, -0.05) is 13.8 Å². The van der Waals surface area contributed by atoms with E-state index in [1.807, 2.05) is 0 Å². The molecule has 6 heteroatoms. The molecule has 0 unspecified atom stereocenters. The van der Waals surface area contributed by atoms with E-state index >= 15 is 0 Å². The zero-order valence-electron chi connectivity index (χ0n) is 9.51. The van der Waals surface area contributed by atoms with Crippen LogP contribution in [0.2, 0.25) is 0 Å². The Morgan fingerprint density at radius 2 is 2.07 bits per heavy atom. The molecule has 0 atom stereocenters. The monoisotopic (exact) mass is 231 g/mol. The molecule has 0 fully saturated rings. The SMILES string of the molecule is CC(C)Cc1cn(S(=O)(=O)N(C)C)cn1. The van der Waals surface area contributed by atoms with Crippen molar-refractivity contribution in [1.29, 1.82) is 0 Å². The Hall–Kier alpha value is -0.880. The Morgan fingerprint density at radius 1 is 1.47 bits per heavy atom. The summed E-state index contributed by atoms with van der Waals surface area (Å²) in [4.78, 5) is 4.06. The first-order valence-corrected chi connectivity index (χ1v) is 6.19. The van der Waals surface area contributed by atoms with Gasteiger partial charge < -0.3 is 0 Å². The maximum Gasteiger partial charge on any atom is 0.308 e. The molecule has 0 bridgehead atoms. The molecule has 0 radical (unpaired) electrons. The number of aromatic nitrogens is 2. The van der Waals surface area contributed by atoms with Crippen LogP contribution in [-0.4, -0.2) is 35.8 Å². The van der Waals surface area contributed by atoms with E-state index in [4.69, 9.17) is 0 Å². The molecule has 0 amide bonds. The van der Waals surface area contributed by atoms with E-state index in [1.165, 1.54) is 20.4 Å². The molecule has 0 spiro atoms. The van der Waals surface area contributed by atoms with Crippen LogP contribution >= 0.6 is 0 Å². The van der Waals surface area contributed by atoms with Crippen LogP contribution in [-0.2, 0) is 16.6 Å². The molecule has 0 saturated heterocycles. The lowest BCUT2D eigenvalue weighted by Gasteiger charge is -2.10. The van der Waals surface area contributed by atoms with E-state index in [0.717, 1.165) is 20.4 Å². The summed E-state index contributed by atoms with van der Waals surface area (Å²) in [6, 6.07) is 0. The third-order valence-electron chi connectivity index (χ3n) is 1.96. The van der Waals surface area contributed by atoms with Gasteiger partial charge in [0.15, 0.2) is 0 Å². The van der Waals surface area contributed by atoms with Crippen molar-refractivity contribution >= 4 is 10.2 Å². The van der Waals surface area contributed by atoms with Crippen molar-refractivity contribution in [1.82, 2.24) is 13.3 Å². The molecule has 0 N–H and O–H groups in total. The lowest BCUT2D eigenvalue weighted by Crippen LogP contribution is -2.27. The standard InChI is InChI=1S/C9H17N3O2S/c1-8(2)5-9-6-12(7-10-9)15(13,14)11(3)4/h6-8H,5H2,1-4H3. The topological polar surface area (TPSA) is 55.2 Å². The summed E-state index contributed by atoms with van der Waals surface area (Å²) < 4.78 is 25.7. The van der Waals surface area contributed by atoms with Gasteiger partial charge in [-0.05, 0) is 12.3 Å². The fourth-order valence-corrected chi connectivity index (χ4v) is 1.98. The van der Waals surface area contributed by atoms with Crippen LogP contribution in [0.1, 0.15) is 19.5 Å². The van der Waals surface area contributed by atoms with Gasteiger partial charge in [-0.25, -0.2) is 8.96 Å². The van der Waals surface area contributed by atoms with E-state index in [2.05, 4.69) is 18.8 Å². The van der Waals surface area contributed by atoms with Crippen molar-refractivity contribution in [3.63, 3.8) is 0 Å². The Balaban J connectivity index is 2.94. The highest BCUT2D eigenvalue weighted by Crippen LogP contribution is 2.08. The summed E-state index contributed by atoms with van der Waals surface area (Å²) in [5.41, 5.74) is 0.801. The van der Waals surface area contributed by atoms with Gasteiger partial charge >= 0.3 is 10.2 Å². The second-order valence-electron chi connectivity index (χ2n) is 4.08. The Labute approximate surface area is 90.9 Å². The van der Waals surface area contributed by atoms with Crippen LogP contribution in [0.25, 0.3) is 0 Å². The third-order valence-corrected chi connectivity index (χ3v) is 3.61. The number of nitrogens with zero attached hydrogens (tertiary/aromatic N) is 3. The molecule has 0 aliphatic heterocycles. The Morgan fingerprint density at radius 3 is 2.53 bits per heavy atom. The summed E-state index contributed by atoms with van der Waals surface area (Å²) in [5, 5.41) is 0. The predicted molar refractivity (Wildman–Crippen MR) is 58.8 cm³/mol. The van der Waals surface area contributed by atoms with Gasteiger partial charge in [0.05, 0.1) is 5.69 Å². The van der Waals surface area contributed by atoms with Crippen LogP contribution in [0.5, 0.6) is 0 Å². The normalized spacial score (nSPS) is 12.7. The molecule has 1 heterocycles. The predicted octanol–water partition coefficient (Wildman–Crippen LogP) is 0.736. The summed E-state index contributed by atoms with van der Waals surface area (Å²) in [6.45, 7) is 4.14. The van der Waals surface area contributed by atoms with E-state index in [0.29, 0.717) is 5.92 Å². The first-order chi connectivity index (χ1) is 6.84. The maximum absolute atomic E-state index is 11.7. The van der Waals surface area contributed by atoms with E-state index in [9.17, 15) is 8.42 Å². The smallest absolute Gasteiger partial charge is 0.241 e. The zero-order chi connectivity index (χ0) is 11.6. The van der Waals surface area contributed by atoms with Crippen LogP contribution < -0.4 is 0 Å². The number of hydrogen-bond acceptors (Lipinski definition) is 3. The second-order valence-corrected chi connectivity index (χ2v) is 6.13. The second kappa shape index (κ2) is 4.32. The van der Waals surface area contributed by atoms with E-state index in [1.54, 1.807) is 6.20 Å². The van der Waals surface area contributed by atoms with Crippen molar-refractivity contribution in [2.45, 2.75) is 20.3 Å². The van der Waals surface area contributed by atoms with Crippen molar-refractivity contribution in [3.8, 4) is 0 Å². The van der Waals surface area contributed by atoms with Crippen LogP contribution in [0.4, 0.5) is 0 Å². The highest BCUT2D eigenvalue weighted by molar-refractivity contribution is 7.87. The molecule has 0 aliphatic rings. The maximum atomic E-state index is 11.7. The Bertz CT molecular complexity index is 420. The van der Waals surface area contributed by atoms with Crippen LogP contribution in [0.15, 0.2) is 12.5 Å². The minimum atomic E-state index is -3.40. The molecule has 1 rings (SSSR count). The van der Waals surface area contributed by atoms with Gasteiger partial charge in [-0.15, -0.1) is 0 Å². The first kappa shape index (κ1) is 12.2. The fraction of sp³-hybridized carbons (Fsp3) is 0.667. The van der Waals surface area contributed by atoms with Crippen LogP contribution in [0, 0.1) is 5.92 Å². The lowest BCUT2D eigenvalue weighted by atomic mass is 10.1. The van der Waals surface area contributed by atoms with Crippen LogP contribution in [0.3, 0.4) is 0 Å². The average Bonchev–Trinajstić information content (AvgIpc) is 2.51. The molecule has 1 aromatic heterocycles. The molecule has 0 saturated carbocycles. The van der Waals surface area contributed by atoms with Gasteiger partial charge in [0, 0.05) is 20.3 Å². The fourth-order valence-electron chi connectivity index (χ4n) is 1.18.